The fourth-order valence-corrected chi connectivity index (χ4v) is 2.67. The summed E-state index contributed by atoms with van der Waals surface area (Å²) >= 11 is 0. The van der Waals surface area contributed by atoms with Crippen molar-refractivity contribution in [1.29, 1.82) is 0 Å². The van der Waals surface area contributed by atoms with E-state index in [1.54, 1.807) is 31.2 Å². The molecule has 4 nitrogen and oxygen atoms in total. The van der Waals surface area contributed by atoms with Crippen LogP contribution in [0.25, 0.3) is 10.8 Å². The first-order valence-electron chi connectivity index (χ1n) is 7.66. The van der Waals surface area contributed by atoms with Crippen LogP contribution in [-0.4, -0.2) is 22.3 Å². The van der Waals surface area contributed by atoms with Gasteiger partial charge >= 0.3 is 6.18 Å². The zero-order chi connectivity index (χ0) is 18.2. The van der Waals surface area contributed by atoms with Gasteiger partial charge in [0.25, 0.3) is 5.91 Å². The number of ether oxygens (including phenoxy) is 1. The Morgan fingerprint density at radius 1 is 1.20 bits per heavy atom. The van der Waals surface area contributed by atoms with E-state index in [1.807, 2.05) is 12.1 Å². The van der Waals surface area contributed by atoms with Gasteiger partial charge in [0.1, 0.15) is 5.75 Å². The summed E-state index contributed by atoms with van der Waals surface area (Å²) in [4.78, 5) is 13.0. The van der Waals surface area contributed by atoms with Gasteiger partial charge < -0.3 is 4.74 Å². The molecule has 3 rings (SSSR count). The molecule has 2 aromatic carbocycles. The number of nitrogens with zero attached hydrogens (tertiary/aromatic N) is 2. The number of carbonyl (C=O) groups is 1. The largest absolute Gasteiger partial charge is 0.493 e. The predicted molar refractivity (Wildman–Crippen MR) is 86.8 cm³/mol. The molecule has 25 heavy (non-hydrogen) atoms. The molecule has 0 fully saturated rings. The summed E-state index contributed by atoms with van der Waals surface area (Å²) in [6.07, 6.45) is -4.61. The van der Waals surface area contributed by atoms with Gasteiger partial charge in [0.15, 0.2) is 5.69 Å². The first kappa shape index (κ1) is 17.0. The van der Waals surface area contributed by atoms with Gasteiger partial charge in [0, 0.05) is 5.69 Å². The Morgan fingerprint density at radius 3 is 2.56 bits per heavy atom. The Morgan fingerprint density at radius 2 is 1.92 bits per heavy atom. The highest BCUT2D eigenvalue weighted by Gasteiger charge is 2.35. The van der Waals surface area contributed by atoms with Crippen LogP contribution in [0.15, 0.2) is 42.5 Å². The molecule has 0 unspecified atom stereocenters. The zero-order valence-electron chi connectivity index (χ0n) is 13.6. The molecule has 0 saturated heterocycles. The highest BCUT2D eigenvalue weighted by Crippen LogP contribution is 2.31. The van der Waals surface area contributed by atoms with Crippen molar-refractivity contribution >= 4 is 16.7 Å². The number of aryl methyl sites for hydroxylation is 1. The monoisotopic (exact) mass is 348 g/mol. The third kappa shape index (κ3) is 3.09. The molecular formula is C18H15F3N2O2. The fraction of sp³-hybridized carbons (Fsp3) is 0.222. The molecule has 7 heteroatoms. The van der Waals surface area contributed by atoms with Crippen LogP contribution in [0.4, 0.5) is 13.2 Å². The number of hydrogen-bond donors (Lipinski definition) is 0. The molecule has 0 bridgehead atoms. The van der Waals surface area contributed by atoms with E-state index in [4.69, 9.17) is 4.74 Å². The summed E-state index contributed by atoms with van der Waals surface area (Å²) in [6.45, 7) is 3.50. The normalized spacial score (nSPS) is 11.7. The number of carbonyl (C=O) groups excluding carboxylic acids is 1. The van der Waals surface area contributed by atoms with Crippen LogP contribution in [0.2, 0.25) is 0 Å². The first-order valence-corrected chi connectivity index (χ1v) is 7.66. The smallest absolute Gasteiger partial charge is 0.435 e. The van der Waals surface area contributed by atoms with E-state index >= 15 is 0 Å². The Labute approximate surface area is 141 Å². The molecule has 0 atom stereocenters. The number of fused-ring (bicyclic) bond motifs is 1. The number of halogens is 3. The number of benzene rings is 2. The van der Waals surface area contributed by atoms with Crippen LogP contribution in [0.5, 0.6) is 5.75 Å². The van der Waals surface area contributed by atoms with Gasteiger partial charge in [-0.3, -0.25) is 4.79 Å². The van der Waals surface area contributed by atoms with E-state index in [0.29, 0.717) is 17.7 Å². The Balaban J connectivity index is 2.20. The average Bonchev–Trinajstić information content (AvgIpc) is 2.96. The van der Waals surface area contributed by atoms with Crippen LogP contribution in [0, 0.1) is 6.92 Å². The zero-order valence-corrected chi connectivity index (χ0v) is 13.6. The lowest BCUT2D eigenvalue weighted by Crippen LogP contribution is -2.18. The third-order valence-electron chi connectivity index (χ3n) is 3.77. The van der Waals surface area contributed by atoms with E-state index in [2.05, 4.69) is 5.10 Å². The Kier molecular flexibility index (Phi) is 4.24. The summed E-state index contributed by atoms with van der Waals surface area (Å²) in [5, 5.41) is 4.84. The molecule has 0 N–H and O–H groups in total. The molecule has 3 aromatic rings. The van der Waals surface area contributed by atoms with Gasteiger partial charge in [-0.05, 0) is 36.8 Å². The molecule has 130 valence electrons. The summed E-state index contributed by atoms with van der Waals surface area (Å²) in [5.41, 5.74) is -0.802. The minimum Gasteiger partial charge on any atom is -0.493 e. The number of aromatic nitrogens is 2. The number of rotatable bonds is 3. The van der Waals surface area contributed by atoms with Gasteiger partial charge in [0.05, 0.1) is 12.2 Å². The van der Waals surface area contributed by atoms with E-state index in [-0.39, 0.29) is 11.3 Å². The van der Waals surface area contributed by atoms with E-state index in [1.165, 1.54) is 6.92 Å². The molecule has 0 aliphatic carbocycles. The quantitative estimate of drug-likeness (QED) is 0.702. The topological polar surface area (TPSA) is 44.1 Å². The van der Waals surface area contributed by atoms with Gasteiger partial charge in [-0.1, -0.05) is 30.3 Å². The molecule has 0 radical (unpaired) electrons. The molecule has 1 heterocycles. The van der Waals surface area contributed by atoms with Gasteiger partial charge in [0.2, 0.25) is 0 Å². The number of hydrogen-bond acceptors (Lipinski definition) is 3. The van der Waals surface area contributed by atoms with E-state index < -0.39 is 17.8 Å². The molecule has 0 saturated carbocycles. The maximum absolute atomic E-state index is 13.0. The van der Waals surface area contributed by atoms with Crippen molar-refractivity contribution in [3.63, 3.8) is 0 Å². The summed E-state index contributed by atoms with van der Waals surface area (Å²) in [5.74, 6) is -0.345. The Hall–Kier alpha value is -2.83. The minimum atomic E-state index is -4.61. The summed E-state index contributed by atoms with van der Waals surface area (Å²) in [6, 6.07) is 11.4. The lowest BCUT2D eigenvalue weighted by atomic mass is 10.0. The highest BCUT2D eigenvalue weighted by atomic mass is 19.4. The van der Waals surface area contributed by atoms with Gasteiger partial charge in [-0.25, -0.2) is 4.68 Å². The SMILES string of the molecule is CCOc1ccc2ccccc2c1C(=O)n1nc(C(F)(F)F)cc1C. The van der Waals surface area contributed by atoms with E-state index in [9.17, 15) is 18.0 Å². The van der Waals surface area contributed by atoms with Crippen molar-refractivity contribution in [3.8, 4) is 5.75 Å². The molecule has 0 spiro atoms. The molecule has 0 aliphatic rings. The van der Waals surface area contributed by atoms with Crippen LogP contribution in [0.3, 0.4) is 0 Å². The van der Waals surface area contributed by atoms with Crippen molar-refractivity contribution in [2.75, 3.05) is 6.61 Å². The lowest BCUT2D eigenvalue weighted by Gasteiger charge is -2.13. The van der Waals surface area contributed by atoms with Crippen LogP contribution in [0.1, 0.15) is 28.7 Å². The average molecular weight is 348 g/mol. The van der Waals surface area contributed by atoms with Crippen LogP contribution < -0.4 is 4.74 Å². The molecule has 0 aliphatic heterocycles. The van der Waals surface area contributed by atoms with Gasteiger partial charge in [-0.15, -0.1) is 0 Å². The van der Waals surface area contributed by atoms with Crippen molar-refractivity contribution in [2.45, 2.75) is 20.0 Å². The molecular weight excluding hydrogens is 333 g/mol. The first-order chi connectivity index (χ1) is 11.8. The Bertz CT molecular complexity index is 945. The second kappa shape index (κ2) is 6.23. The summed E-state index contributed by atoms with van der Waals surface area (Å²) in [7, 11) is 0. The standard InChI is InChI=1S/C18H15F3N2O2/c1-3-25-14-9-8-12-6-4-5-7-13(12)16(14)17(24)23-11(2)10-15(22-23)18(19,20)21/h4-10H,3H2,1-2H3. The second-order valence-electron chi connectivity index (χ2n) is 5.48. The second-order valence-corrected chi connectivity index (χ2v) is 5.48. The van der Waals surface area contributed by atoms with Crippen molar-refractivity contribution in [3.05, 3.63) is 59.4 Å². The number of alkyl halides is 3. The van der Waals surface area contributed by atoms with Crippen molar-refractivity contribution in [2.24, 2.45) is 0 Å². The molecule has 0 amide bonds. The van der Waals surface area contributed by atoms with E-state index in [0.717, 1.165) is 16.1 Å². The maximum Gasteiger partial charge on any atom is 0.435 e. The lowest BCUT2D eigenvalue weighted by molar-refractivity contribution is -0.141. The third-order valence-corrected chi connectivity index (χ3v) is 3.77. The summed E-state index contributed by atoms with van der Waals surface area (Å²) < 4.78 is 45.0. The van der Waals surface area contributed by atoms with Crippen molar-refractivity contribution in [1.82, 2.24) is 9.78 Å². The van der Waals surface area contributed by atoms with Gasteiger partial charge in [-0.2, -0.15) is 18.3 Å². The van der Waals surface area contributed by atoms with Crippen molar-refractivity contribution < 1.29 is 22.7 Å². The van der Waals surface area contributed by atoms with Crippen LogP contribution >= 0.6 is 0 Å². The predicted octanol–water partition coefficient (Wildman–Crippen LogP) is 4.45. The maximum atomic E-state index is 13.0. The minimum absolute atomic E-state index is 0.104. The fourth-order valence-electron chi connectivity index (χ4n) is 2.67. The highest BCUT2D eigenvalue weighted by molar-refractivity contribution is 6.10. The molecule has 1 aromatic heterocycles. The van der Waals surface area contributed by atoms with Crippen LogP contribution in [-0.2, 0) is 6.18 Å².